The summed E-state index contributed by atoms with van der Waals surface area (Å²) in [6.45, 7) is 3.15. The first-order chi connectivity index (χ1) is 7.77. The summed E-state index contributed by atoms with van der Waals surface area (Å²) < 4.78 is 4.91. The molecule has 4 N–H and O–H groups in total. The van der Waals surface area contributed by atoms with Gasteiger partial charge >= 0.3 is 0 Å². The van der Waals surface area contributed by atoms with Gasteiger partial charge in [-0.05, 0) is 18.6 Å². The topological polar surface area (TPSA) is 71.7 Å². The van der Waals surface area contributed by atoms with Crippen molar-refractivity contribution in [1.82, 2.24) is 5.43 Å². The molecule has 0 atom stereocenters. The first kappa shape index (κ1) is 12.5. The molecule has 0 aromatic heterocycles. The lowest BCUT2D eigenvalue weighted by molar-refractivity contribution is 0.208. The minimum Gasteiger partial charge on any atom is -0.383 e. The summed E-state index contributed by atoms with van der Waals surface area (Å²) in [4.78, 5) is 4.21. The van der Waals surface area contributed by atoms with Crippen LogP contribution in [0.3, 0.4) is 0 Å². The number of nitrogens with zero attached hydrogens (tertiary/aromatic N) is 1. The summed E-state index contributed by atoms with van der Waals surface area (Å²) >= 11 is 0. The van der Waals surface area contributed by atoms with Crippen molar-refractivity contribution in [3.63, 3.8) is 0 Å². The first-order valence-electron chi connectivity index (χ1n) is 5.10. The smallest absolute Gasteiger partial charge is 0.210 e. The molecule has 0 aliphatic carbocycles. The van der Waals surface area contributed by atoms with E-state index < -0.39 is 0 Å². The van der Waals surface area contributed by atoms with Crippen molar-refractivity contribution in [1.29, 1.82) is 0 Å². The number of anilines is 1. The van der Waals surface area contributed by atoms with Crippen molar-refractivity contribution >= 4 is 11.6 Å². The molecular weight excluding hydrogens is 204 g/mol. The molecule has 0 saturated carbocycles. The maximum atomic E-state index is 5.37. The van der Waals surface area contributed by atoms with Gasteiger partial charge in [0.1, 0.15) is 0 Å². The van der Waals surface area contributed by atoms with Crippen LogP contribution in [0.5, 0.6) is 0 Å². The van der Waals surface area contributed by atoms with Crippen molar-refractivity contribution in [3.05, 3.63) is 29.8 Å². The van der Waals surface area contributed by atoms with Crippen LogP contribution in [0.15, 0.2) is 29.3 Å². The number of aliphatic imine (C=N–C) groups is 1. The summed E-state index contributed by atoms with van der Waals surface area (Å²) in [6.07, 6.45) is 0. The number of hydrogen-bond acceptors (Lipinski definition) is 3. The molecule has 5 heteroatoms. The fourth-order valence-corrected chi connectivity index (χ4v) is 1.21. The Morgan fingerprint density at radius 3 is 2.81 bits per heavy atom. The van der Waals surface area contributed by atoms with E-state index in [2.05, 4.69) is 15.7 Å². The van der Waals surface area contributed by atoms with E-state index in [0.717, 1.165) is 11.3 Å². The molecule has 0 radical (unpaired) electrons. The van der Waals surface area contributed by atoms with Crippen LogP contribution in [0.1, 0.15) is 5.56 Å². The van der Waals surface area contributed by atoms with Gasteiger partial charge in [0.2, 0.25) is 5.96 Å². The van der Waals surface area contributed by atoms with E-state index >= 15 is 0 Å². The van der Waals surface area contributed by atoms with Crippen LogP contribution in [-0.2, 0) is 4.74 Å². The predicted molar refractivity (Wildman–Crippen MR) is 66.3 cm³/mol. The maximum Gasteiger partial charge on any atom is 0.210 e. The molecule has 0 saturated heterocycles. The Kier molecular flexibility index (Phi) is 5.31. The van der Waals surface area contributed by atoms with Crippen LogP contribution in [0.2, 0.25) is 0 Å². The number of nitrogens with two attached hydrogens (primary N) is 1. The second-order valence-electron chi connectivity index (χ2n) is 3.31. The summed E-state index contributed by atoms with van der Waals surface area (Å²) in [6, 6.07) is 7.93. The quantitative estimate of drug-likeness (QED) is 0.232. The Balaban J connectivity index is 2.63. The SMILES string of the molecule is COCCN=C(NN)Nc1ccccc1C. The van der Waals surface area contributed by atoms with Gasteiger partial charge < -0.3 is 10.1 Å². The van der Waals surface area contributed by atoms with Crippen molar-refractivity contribution < 1.29 is 4.74 Å². The van der Waals surface area contributed by atoms with Crippen molar-refractivity contribution in [3.8, 4) is 0 Å². The number of guanidine groups is 1. The van der Waals surface area contributed by atoms with E-state index in [4.69, 9.17) is 10.6 Å². The molecule has 0 unspecified atom stereocenters. The Labute approximate surface area is 95.7 Å². The third kappa shape index (κ3) is 3.88. The zero-order chi connectivity index (χ0) is 11.8. The van der Waals surface area contributed by atoms with Crippen LogP contribution in [-0.4, -0.2) is 26.2 Å². The number of nitrogens with one attached hydrogen (secondary N) is 2. The molecular formula is C11H18N4O. The average Bonchev–Trinajstić information content (AvgIpc) is 2.30. The van der Waals surface area contributed by atoms with E-state index in [-0.39, 0.29) is 0 Å². The van der Waals surface area contributed by atoms with Crippen LogP contribution >= 0.6 is 0 Å². The molecule has 1 aromatic rings. The molecule has 0 fully saturated rings. The Bertz CT molecular complexity index is 352. The fourth-order valence-electron chi connectivity index (χ4n) is 1.21. The van der Waals surface area contributed by atoms with E-state index in [1.165, 1.54) is 0 Å². The average molecular weight is 222 g/mol. The minimum atomic E-state index is 0.534. The monoisotopic (exact) mass is 222 g/mol. The van der Waals surface area contributed by atoms with Gasteiger partial charge in [-0.2, -0.15) is 0 Å². The number of ether oxygens (including phenoxy) is 1. The fraction of sp³-hybridized carbons (Fsp3) is 0.364. The largest absolute Gasteiger partial charge is 0.383 e. The lowest BCUT2D eigenvalue weighted by Gasteiger charge is -2.11. The van der Waals surface area contributed by atoms with E-state index in [0.29, 0.717) is 19.1 Å². The summed E-state index contributed by atoms with van der Waals surface area (Å²) in [7, 11) is 1.64. The molecule has 0 bridgehead atoms. The maximum absolute atomic E-state index is 5.37. The summed E-state index contributed by atoms with van der Waals surface area (Å²) in [5.74, 6) is 5.90. The lowest BCUT2D eigenvalue weighted by atomic mass is 10.2. The van der Waals surface area contributed by atoms with Gasteiger partial charge in [0, 0.05) is 12.8 Å². The number of methoxy groups -OCH3 is 1. The highest BCUT2D eigenvalue weighted by Crippen LogP contribution is 2.12. The van der Waals surface area contributed by atoms with Crippen LogP contribution in [0, 0.1) is 6.92 Å². The van der Waals surface area contributed by atoms with Crippen LogP contribution < -0.4 is 16.6 Å². The molecule has 0 amide bonds. The highest BCUT2D eigenvalue weighted by Gasteiger charge is 1.99. The number of benzene rings is 1. The molecule has 5 nitrogen and oxygen atoms in total. The number of para-hydroxylation sites is 1. The molecule has 16 heavy (non-hydrogen) atoms. The van der Waals surface area contributed by atoms with Gasteiger partial charge in [-0.25, -0.2) is 10.8 Å². The van der Waals surface area contributed by atoms with E-state index in [1.807, 2.05) is 31.2 Å². The molecule has 1 aromatic carbocycles. The number of aryl methyl sites for hydroxylation is 1. The highest BCUT2D eigenvalue weighted by atomic mass is 16.5. The number of hydrogen-bond donors (Lipinski definition) is 3. The van der Waals surface area contributed by atoms with Crippen LogP contribution in [0.4, 0.5) is 5.69 Å². The highest BCUT2D eigenvalue weighted by molar-refractivity contribution is 5.93. The van der Waals surface area contributed by atoms with Crippen LogP contribution in [0.25, 0.3) is 0 Å². The van der Waals surface area contributed by atoms with Crippen molar-refractivity contribution in [2.24, 2.45) is 10.8 Å². The lowest BCUT2D eigenvalue weighted by Crippen LogP contribution is -2.36. The van der Waals surface area contributed by atoms with E-state index in [1.54, 1.807) is 7.11 Å². The van der Waals surface area contributed by atoms with Crippen molar-refractivity contribution in [2.45, 2.75) is 6.92 Å². The Hall–Kier alpha value is -1.59. The van der Waals surface area contributed by atoms with E-state index in [9.17, 15) is 0 Å². The second kappa shape index (κ2) is 6.81. The zero-order valence-corrected chi connectivity index (χ0v) is 9.66. The molecule has 0 aliphatic heterocycles. The van der Waals surface area contributed by atoms with Gasteiger partial charge in [0.05, 0.1) is 13.2 Å². The van der Waals surface area contributed by atoms with Gasteiger partial charge in [0.15, 0.2) is 0 Å². The Morgan fingerprint density at radius 1 is 1.44 bits per heavy atom. The third-order valence-corrected chi connectivity index (χ3v) is 2.10. The van der Waals surface area contributed by atoms with Crippen molar-refractivity contribution in [2.75, 3.05) is 25.6 Å². The minimum absolute atomic E-state index is 0.534. The molecule has 0 aliphatic rings. The normalized spacial score (nSPS) is 11.3. The first-order valence-corrected chi connectivity index (χ1v) is 5.10. The standard InChI is InChI=1S/C11H18N4O/c1-9-5-3-4-6-10(9)14-11(15-12)13-7-8-16-2/h3-6H,7-8,12H2,1-2H3,(H2,13,14,15). The van der Waals surface area contributed by atoms with Gasteiger partial charge in [0.25, 0.3) is 0 Å². The van der Waals surface area contributed by atoms with Gasteiger partial charge in [-0.15, -0.1) is 0 Å². The third-order valence-electron chi connectivity index (χ3n) is 2.10. The second-order valence-corrected chi connectivity index (χ2v) is 3.31. The molecule has 0 heterocycles. The molecule has 1 rings (SSSR count). The number of hydrazine groups is 1. The Morgan fingerprint density at radius 2 is 2.19 bits per heavy atom. The predicted octanol–water partition coefficient (Wildman–Crippen LogP) is 0.873. The molecule has 0 spiro atoms. The molecule has 88 valence electrons. The van der Waals surface area contributed by atoms with Gasteiger partial charge in [-0.1, -0.05) is 18.2 Å². The summed E-state index contributed by atoms with van der Waals surface area (Å²) in [5.41, 5.74) is 4.64. The summed E-state index contributed by atoms with van der Waals surface area (Å²) in [5, 5.41) is 3.11. The number of rotatable bonds is 4. The van der Waals surface area contributed by atoms with Gasteiger partial charge in [-0.3, -0.25) is 5.43 Å². The zero-order valence-electron chi connectivity index (χ0n) is 9.66.